The molecular weight excluding hydrogens is 254 g/mol. The Bertz CT molecular complexity index is 323. The number of carbonyl (C=O) groups excluding carboxylic acids is 2. The van der Waals surface area contributed by atoms with Gasteiger partial charge in [0.05, 0.1) is 0 Å². The number of amides is 2. The van der Waals surface area contributed by atoms with Crippen molar-refractivity contribution in [2.45, 2.75) is 52.5 Å². The Balaban J connectivity index is 2.32. The smallest absolute Gasteiger partial charge is 0.242 e. The van der Waals surface area contributed by atoms with E-state index in [1.54, 1.807) is 6.92 Å². The molecule has 1 aliphatic carbocycles. The van der Waals surface area contributed by atoms with Crippen LogP contribution in [0, 0.1) is 17.8 Å². The summed E-state index contributed by atoms with van der Waals surface area (Å²) >= 11 is 0. The number of rotatable bonds is 6. The zero-order valence-corrected chi connectivity index (χ0v) is 12.9. The molecule has 1 fully saturated rings. The SMILES string of the molecule is CC(C)CNC(=O)C(C)NC(=O)C1CCC(CN)CC1. The second kappa shape index (κ2) is 8.25. The molecule has 1 aliphatic rings. The molecule has 0 aliphatic heterocycles. The second-order valence-corrected chi connectivity index (χ2v) is 6.32. The molecule has 1 rings (SSSR count). The Morgan fingerprint density at radius 2 is 1.75 bits per heavy atom. The Morgan fingerprint density at radius 1 is 1.15 bits per heavy atom. The van der Waals surface area contributed by atoms with Gasteiger partial charge in [0.1, 0.15) is 6.04 Å². The monoisotopic (exact) mass is 283 g/mol. The first-order valence-electron chi connectivity index (χ1n) is 7.72. The van der Waals surface area contributed by atoms with Crippen LogP contribution in [-0.4, -0.2) is 30.9 Å². The van der Waals surface area contributed by atoms with E-state index in [0.29, 0.717) is 24.9 Å². The van der Waals surface area contributed by atoms with Crippen molar-refractivity contribution in [2.24, 2.45) is 23.5 Å². The zero-order valence-electron chi connectivity index (χ0n) is 12.9. The molecule has 5 heteroatoms. The summed E-state index contributed by atoms with van der Waals surface area (Å²) in [6.07, 6.45) is 3.80. The fourth-order valence-electron chi connectivity index (χ4n) is 2.51. The van der Waals surface area contributed by atoms with Gasteiger partial charge in [-0.2, -0.15) is 0 Å². The highest BCUT2D eigenvalue weighted by atomic mass is 16.2. The van der Waals surface area contributed by atoms with Gasteiger partial charge in [-0.15, -0.1) is 0 Å². The van der Waals surface area contributed by atoms with Crippen molar-refractivity contribution < 1.29 is 9.59 Å². The lowest BCUT2D eigenvalue weighted by molar-refractivity contribution is -0.131. The maximum absolute atomic E-state index is 12.1. The highest BCUT2D eigenvalue weighted by molar-refractivity contribution is 5.88. The van der Waals surface area contributed by atoms with Crippen LogP contribution < -0.4 is 16.4 Å². The van der Waals surface area contributed by atoms with E-state index in [1.807, 2.05) is 13.8 Å². The molecule has 0 heterocycles. The lowest BCUT2D eigenvalue weighted by Gasteiger charge is -2.27. The topological polar surface area (TPSA) is 84.2 Å². The Morgan fingerprint density at radius 3 is 2.25 bits per heavy atom. The first kappa shape index (κ1) is 17.0. The van der Waals surface area contributed by atoms with E-state index in [9.17, 15) is 9.59 Å². The van der Waals surface area contributed by atoms with Gasteiger partial charge in [0.25, 0.3) is 0 Å². The molecule has 0 saturated heterocycles. The van der Waals surface area contributed by atoms with E-state index in [-0.39, 0.29) is 17.7 Å². The van der Waals surface area contributed by atoms with Crippen molar-refractivity contribution in [3.05, 3.63) is 0 Å². The first-order chi connectivity index (χ1) is 9.43. The summed E-state index contributed by atoms with van der Waals surface area (Å²) in [7, 11) is 0. The highest BCUT2D eigenvalue weighted by Crippen LogP contribution is 2.28. The average molecular weight is 283 g/mol. The fourth-order valence-corrected chi connectivity index (χ4v) is 2.51. The summed E-state index contributed by atoms with van der Waals surface area (Å²) in [5, 5.41) is 5.66. The van der Waals surface area contributed by atoms with Crippen LogP contribution in [0.25, 0.3) is 0 Å². The third-order valence-electron chi connectivity index (χ3n) is 3.99. The van der Waals surface area contributed by atoms with Crippen molar-refractivity contribution in [1.82, 2.24) is 10.6 Å². The summed E-state index contributed by atoms with van der Waals surface area (Å²) in [5.74, 6) is 0.910. The van der Waals surface area contributed by atoms with E-state index < -0.39 is 6.04 Å². The van der Waals surface area contributed by atoms with E-state index in [1.165, 1.54) is 0 Å². The van der Waals surface area contributed by atoms with Crippen LogP contribution in [0.5, 0.6) is 0 Å². The maximum Gasteiger partial charge on any atom is 0.242 e. The predicted molar refractivity (Wildman–Crippen MR) is 80.0 cm³/mol. The van der Waals surface area contributed by atoms with Crippen LogP contribution in [0.4, 0.5) is 0 Å². The standard InChI is InChI=1S/C15H29N3O2/c1-10(2)9-17-14(19)11(3)18-15(20)13-6-4-12(8-16)5-7-13/h10-13H,4-9,16H2,1-3H3,(H,17,19)(H,18,20). The summed E-state index contributed by atoms with van der Waals surface area (Å²) < 4.78 is 0. The number of nitrogens with two attached hydrogens (primary N) is 1. The number of hydrogen-bond acceptors (Lipinski definition) is 3. The predicted octanol–water partition coefficient (Wildman–Crippen LogP) is 1.03. The maximum atomic E-state index is 12.1. The number of nitrogens with one attached hydrogen (secondary N) is 2. The molecule has 0 aromatic rings. The van der Waals surface area contributed by atoms with Crippen molar-refractivity contribution in [3.63, 3.8) is 0 Å². The van der Waals surface area contributed by atoms with E-state index in [2.05, 4.69) is 10.6 Å². The van der Waals surface area contributed by atoms with Crippen LogP contribution in [-0.2, 0) is 9.59 Å². The minimum Gasteiger partial charge on any atom is -0.354 e. The van der Waals surface area contributed by atoms with Gasteiger partial charge in [0.15, 0.2) is 0 Å². The quantitative estimate of drug-likeness (QED) is 0.680. The fraction of sp³-hybridized carbons (Fsp3) is 0.867. The number of carbonyl (C=O) groups is 2. The van der Waals surface area contributed by atoms with E-state index >= 15 is 0 Å². The van der Waals surface area contributed by atoms with Crippen LogP contribution in [0.3, 0.4) is 0 Å². The third kappa shape index (κ3) is 5.49. The van der Waals surface area contributed by atoms with E-state index in [0.717, 1.165) is 25.7 Å². The Hall–Kier alpha value is -1.10. The first-order valence-corrected chi connectivity index (χ1v) is 7.72. The largest absolute Gasteiger partial charge is 0.354 e. The molecule has 0 aromatic carbocycles. The molecule has 1 saturated carbocycles. The lowest BCUT2D eigenvalue weighted by Crippen LogP contribution is -2.47. The zero-order chi connectivity index (χ0) is 15.1. The van der Waals surface area contributed by atoms with Crippen molar-refractivity contribution in [3.8, 4) is 0 Å². The van der Waals surface area contributed by atoms with Gasteiger partial charge in [-0.05, 0) is 51.0 Å². The molecule has 1 atom stereocenters. The van der Waals surface area contributed by atoms with Gasteiger partial charge in [0, 0.05) is 12.5 Å². The van der Waals surface area contributed by atoms with Crippen molar-refractivity contribution in [2.75, 3.05) is 13.1 Å². The van der Waals surface area contributed by atoms with Gasteiger partial charge in [-0.1, -0.05) is 13.8 Å². The van der Waals surface area contributed by atoms with Crippen molar-refractivity contribution in [1.29, 1.82) is 0 Å². The minimum atomic E-state index is -0.464. The van der Waals surface area contributed by atoms with Gasteiger partial charge in [-0.3, -0.25) is 9.59 Å². The molecule has 0 aromatic heterocycles. The third-order valence-corrected chi connectivity index (χ3v) is 3.99. The van der Waals surface area contributed by atoms with Crippen LogP contribution in [0.2, 0.25) is 0 Å². The molecule has 0 radical (unpaired) electrons. The van der Waals surface area contributed by atoms with E-state index in [4.69, 9.17) is 5.73 Å². The number of hydrogen-bond donors (Lipinski definition) is 3. The van der Waals surface area contributed by atoms with Gasteiger partial charge in [-0.25, -0.2) is 0 Å². The minimum absolute atomic E-state index is 0.00710. The summed E-state index contributed by atoms with van der Waals surface area (Å²) in [6, 6.07) is -0.464. The van der Waals surface area contributed by atoms with Gasteiger partial charge in [0.2, 0.25) is 11.8 Å². The van der Waals surface area contributed by atoms with Crippen LogP contribution in [0.15, 0.2) is 0 Å². The molecule has 4 N–H and O–H groups in total. The lowest BCUT2D eigenvalue weighted by atomic mass is 9.81. The molecule has 1 unspecified atom stereocenters. The summed E-state index contributed by atoms with van der Waals surface area (Å²) in [6.45, 7) is 7.17. The normalized spacial score (nSPS) is 24.2. The molecule has 5 nitrogen and oxygen atoms in total. The molecule has 2 amide bonds. The highest BCUT2D eigenvalue weighted by Gasteiger charge is 2.27. The summed E-state index contributed by atoms with van der Waals surface area (Å²) in [4.78, 5) is 23.9. The molecule has 20 heavy (non-hydrogen) atoms. The van der Waals surface area contributed by atoms with Crippen LogP contribution in [0.1, 0.15) is 46.5 Å². The Kier molecular flexibility index (Phi) is 6.99. The molecule has 0 spiro atoms. The average Bonchev–Trinajstić information content (AvgIpc) is 2.44. The summed E-state index contributed by atoms with van der Waals surface area (Å²) in [5.41, 5.74) is 5.65. The second-order valence-electron chi connectivity index (χ2n) is 6.32. The van der Waals surface area contributed by atoms with Gasteiger partial charge >= 0.3 is 0 Å². The van der Waals surface area contributed by atoms with Crippen LogP contribution >= 0.6 is 0 Å². The molecule has 116 valence electrons. The molecule has 0 bridgehead atoms. The molecular formula is C15H29N3O2. The Labute approximate surface area is 122 Å². The van der Waals surface area contributed by atoms with Crippen molar-refractivity contribution >= 4 is 11.8 Å². The van der Waals surface area contributed by atoms with Gasteiger partial charge < -0.3 is 16.4 Å².